The normalized spacial score (nSPS) is 12.0. The second-order valence-corrected chi connectivity index (χ2v) is 3.80. The Bertz CT molecular complexity index is 394. The molecule has 0 fully saturated rings. The Kier molecular flexibility index (Phi) is 8.63. The monoisotopic (exact) mass is 284 g/mol. The molecule has 3 heteroatoms. The number of aliphatic hydroxyl groups is 1. The van der Waals surface area contributed by atoms with E-state index in [-0.39, 0.29) is 17.1 Å². The summed E-state index contributed by atoms with van der Waals surface area (Å²) in [7, 11) is 3.82. The molecule has 0 unspecified atom stereocenters. The Morgan fingerprint density at radius 2 is 1.72 bits per heavy atom. The van der Waals surface area contributed by atoms with Crippen molar-refractivity contribution in [1.29, 1.82) is 0 Å². The molecule has 0 saturated carbocycles. The summed E-state index contributed by atoms with van der Waals surface area (Å²) in [4.78, 5) is 1.87. The van der Waals surface area contributed by atoms with Crippen LogP contribution in [-0.2, 0) is 17.1 Å². The molecule has 0 radical (unpaired) electrons. The van der Waals surface area contributed by atoms with Gasteiger partial charge in [-0.1, -0.05) is 24.3 Å². The molecular weight excluding hydrogens is 266 g/mol. The van der Waals surface area contributed by atoms with Crippen LogP contribution >= 0.6 is 0 Å². The number of hydrogen-bond donors (Lipinski definition) is 1. The summed E-state index contributed by atoms with van der Waals surface area (Å²) in [5.74, 6) is 0.300. The third kappa shape index (κ3) is 6.89. The SMILES string of the molecule is CN(C)C=CC(O)=C1C=CC=C1.[Fe].c1cc[cH-]c1. The van der Waals surface area contributed by atoms with E-state index in [1.165, 1.54) is 0 Å². The molecule has 2 nitrogen and oxygen atoms in total. The molecular formula is C15H18FeNO-. The van der Waals surface area contributed by atoms with Crippen LogP contribution in [0.3, 0.4) is 0 Å². The van der Waals surface area contributed by atoms with Crippen LogP contribution in [0.2, 0.25) is 0 Å². The first-order valence-corrected chi connectivity index (χ1v) is 5.49. The molecule has 0 aliphatic heterocycles. The maximum atomic E-state index is 9.46. The zero-order chi connectivity index (χ0) is 12.5. The minimum absolute atomic E-state index is 0. The third-order valence-electron chi connectivity index (χ3n) is 2.04. The topological polar surface area (TPSA) is 23.5 Å². The number of hydrogen-bond acceptors (Lipinski definition) is 2. The Labute approximate surface area is 119 Å². The van der Waals surface area contributed by atoms with Gasteiger partial charge in [-0.2, -0.15) is 18.2 Å². The van der Waals surface area contributed by atoms with Gasteiger partial charge in [0.15, 0.2) is 0 Å². The first kappa shape index (κ1) is 16.4. The Hall–Kier alpha value is -1.57. The quantitative estimate of drug-likeness (QED) is 0.511. The Balaban J connectivity index is 0.000000405. The van der Waals surface area contributed by atoms with Crippen molar-refractivity contribution in [2.45, 2.75) is 0 Å². The summed E-state index contributed by atoms with van der Waals surface area (Å²) < 4.78 is 0. The molecule has 2 rings (SSSR count). The standard InChI is InChI=1S/C10H13NO.C5H5.Fe/c1-11(2)8-7-10(12)9-5-3-4-6-9;1-2-4-5-3-1;/h3-8,12H,1-2H3;1-5H;/q;-1;. The van der Waals surface area contributed by atoms with Gasteiger partial charge in [0, 0.05) is 42.9 Å². The maximum Gasteiger partial charge on any atom is 0.124 e. The van der Waals surface area contributed by atoms with E-state index < -0.39 is 0 Å². The van der Waals surface area contributed by atoms with E-state index in [9.17, 15) is 5.11 Å². The van der Waals surface area contributed by atoms with Gasteiger partial charge >= 0.3 is 0 Å². The largest absolute Gasteiger partial charge is 0.507 e. The van der Waals surface area contributed by atoms with Crippen molar-refractivity contribution in [1.82, 2.24) is 4.90 Å². The Morgan fingerprint density at radius 3 is 2.11 bits per heavy atom. The molecule has 0 spiro atoms. The molecule has 1 N–H and O–H groups in total. The summed E-state index contributed by atoms with van der Waals surface area (Å²) >= 11 is 0. The van der Waals surface area contributed by atoms with Crippen molar-refractivity contribution in [2.24, 2.45) is 0 Å². The van der Waals surface area contributed by atoms with E-state index in [0.29, 0.717) is 5.76 Å². The second kappa shape index (κ2) is 9.46. The van der Waals surface area contributed by atoms with E-state index in [4.69, 9.17) is 0 Å². The minimum atomic E-state index is 0. The molecule has 0 bridgehead atoms. The summed E-state index contributed by atoms with van der Waals surface area (Å²) in [5.41, 5.74) is 0.855. The van der Waals surface area contributed by atoms with Crippen LogP contribution in [-0.4, -0.2) is 24.1 Å². The molecule has 0 aromatic heterocycles. The van der Waals surface area contributed by atoms with Crippen LogP contribution < -0.4 is 0 Å². The molecule has 0 amide bonds. The predicted molar refractivity (Wildman–Crippen MR) is 72.8 cm³/mol. The molecule has 1 aromatic carbocycles. The van der Waals surface area contributed by atoms with Gasteiger partial charge in [-0.25, -0.2) is 12.1 Å². The van der Waals surface area contributed by atoms with Crippen molar-refractivity contribution < 1.29 is 22.2 Å². The summed E-state index contributed by atoms with van der Waals surface area (Å²) in [6.45, 7) is 0. The van der Waals surface area contributed by atoms with Gasteiger partial charge in [-0.15, -0.1) is 0 Å². The van der Waals surface area contributed by atoms with E-state index in [2.05, 4.69) is 0 Å². The van der Waals surface area contributed by atoms with Crippen LogP contribution in [0.4, 0.5) is 0 Å². The van der Waals surface area contributed by atoms with E-state index in [1.807, 2.05) is 79.8 Å². The van der Waals surface area contributed by atoms with Crippen molar-refractivity contribution in [3.05, 3.63) is 78.2 Å². The first-order valence-electron chi connectivity index (χ1n) is 5.49. The van der Waals surface area contributed by atoms with Crippen LogP contribution in [0.1, 0.15) is 0 Å². The fraction of sp³-hybridized carbons (Fsp3) is 0.133. The van der Waals surface area contributed by atoms with Crippen LogP contribution in [0.25, 0.3) is 0 Å². The average Bonchev–Trinajstić information content (AvgIpc) is 2.99. The van der Waals surface area contributed by atoms with Gasteiger partial charge in [0.25, 0.3) is 0 Å². The van der Waals surface area contributed by atoms with Gasteiger partial charge in [0.05, 0.1) is 0 Å². The van der Waals surface area contributed by atoms with Crippen molar-refractivity contribution in [3.63, 3.8) is 0 Å². The molecule has 98 valence electrons. The van der Waals surface area contributed by atoms with Crippen LogP contribution in [0, 0.1) is 0 Å². The van der Waals surface area contributed by atoms with Crippen LogP contribution in [0.15, 0.2) is 78.2 Å². The maximum absolute atomic E-state index is 9.46. The molecule has 1 aromatic rings. The van der Waals surface area contributed by atoms with Crippen molar-refractivity contribution in [2.75, 3.05) is 14.1 Å². The number of nitrogens with zero attached hydrogens (tertiary/aromatic N) is 1. The predicted octanol–water partition coefficient (Wildman–Crippen LogP) is 3.40. The second-order valence-electron chi connectivity index (χ2n) is 3.80. The van der Waals surface area contributed by atoms with Gasteiger partial charge in [0.2, 0.25) is 0 Å². The average molecular weight is 284 g/mol. The minimum Gasteiger partial charge on any atom is -0.507 e. The zero-order valence-corrected chi connectivity index (χ0v) is 11.7. The van der Waals surface area contributed by atoms with Gasteiger partial charge in [-0.3, -0.25) is 0 Å². The van der Waals surface area contributed by atoms with Crippen LogP contribution in [0.5, 0.6) is 0 Å². The van der Waals surface area contributed by atoms with Gasteiger partial charge in [0.1, 0.15) is 5.76 Å². The van der Waals surface area contributed by atoms with Crippen molar-refractivity contribution >= 4 is 0 Å². The summed E-state index contributed by atoms with van der Waals surface area (Å²) in [5, 5.41) is 9.46. The zero-order valence-electron chi connectivity index (χ0n) is 10.6. The molecule has 0 atom stereocenters. The summed E-state index contributed by atoms with van der Waals surface area (Å²) in [6, 6.07) is 10.0. The first-order chi connectivity index (χ1) is 8.20. The van der Waals surface area contributed by atoms with E-state index >= 15 is 0 Å². The Morgan fingerprint density at radius 1 is 1.17 bits per heavy atom. The molecule has 1 aliphatic carbocycles. The number of rotatable bonds is 2. The molecule has 18 heavy (non-hydrogen) atoms. The summed E-state index contributed by atoms with van der Waals surface area (Å²) in [6.07, 6.45) is 11.0. The van der Waals surface area contributed by atoms with E-state index in [1.54, 1.807) is 6.08 Å². The molecule has 0 heterocycles. The number of aliphatic hydroxyl groups excluding tert-OH is 1. The van der Waals surface area contributed by atoms with Gasteiger partial charge < -0.3 is 10.0 Å². The fourth-order valence-electron chi connectivity index (χ4n) is 1.18. The molecule has 0 saturated heterocycles. The van der Waals surface area contributed by atoms with Crippen molar-refractivity contribution in [3.8, 4) is 0 Å². The third-order valence-corrected chi connectivity index (χ3v) is 2.04. The fourth-order valence-corrected chi connectivity index (χ4v) is 1.18. The molecule has 1 aliphatic rings. The number of allylic oxidation sites excluding steroid dienone is 6. The van der Waals surface area contributed by atoms with Gasteiger partial charge in [-0.05, 0) is 6.08 Å². The smallest absolute Gasteiger partial charge is 0.124 e. The van der Waals surface area contributed by atoms with E-state index in [0.717, 1.165) is 5.57 Å².